The lowest BCUT2D eigenvalue weighted by Gasteiger charge is -2.26. The van der Waals surface area contributed by atoms with E-state index in [1.165, 1.54) is 5.56 Å². The maximum atomic E-state index is 10.8. The predicted molar refractivity (Wildman–Crippen MR) is 69.0 cm³/mol. The normalized spacial score (nSPS) is 12.4. The van der Waals surface area contributed by atoms with Gasteiger partial charge in [-0.05, 0) is 18.9 Å². The van der Waals surface area contributed by atoms with E-state index in [0.29, 0.717) is 6.54 Å². The maximum Gasteiger partial charge on any atom is 0.317 e. The summed E-state index contributed by atoms with van der Waals surface area (Å²) in [6.45, 7) is 6.36. The third-order valence-electron chi connectivity index (χ3n) is 2.70. The van der Waals surface area contributed by atoms with E-state index in [9.17, 15) is 4.79 Å². The molecule has 0 aliphatic carbocycles. The van der Waals surface area contributed by atoms with Crippen LogP contribution >= 0.6 is 0 Å². The van der Waals surface area contributed by atoms with Gasteiger partial charge >= 0.3 is 5.97 Å². The highest BCUT2D eigenvalue weighted by Gasteiger charge is 2.15. The van der Waals surface area contributed by atoms with E-state index < -0.39 is 5.97 Å². The molecule has 0 fully saturated rings. The molecule has 0 bridgehead atoms. The van der Waals surface area contributed by atoms with Gasteiger partial charge < -0.3 is 5.11 Å². The zero-order valence-corrected chi connectivity index (χ0v) is 10.2. The van der Waals surface area contributed by atoms with Crippen LogP contribution in [0.5, 0.6) is 0 Å². The lowest BCUT2D eigenvalue weighted by atomic mass is 10.1. The first-order valence-corrected chi connectivity index (χ1v) is 5.74. The van der Waals surface area contributed by atoms with E-state index in [1.54, 1.807) is 6.08 Å². The lowest BCUT2D eigenvalue weighted by Crippen LogP contribution is -2.38. The summed E-state index contributed by atoms with van der Waals surface area (Å²) in [5.74, 6) is -0.799. The molecule has 0 aliphatic rings. The van der Waals surface area contributed by atoms with Crippen LogP contribution in [0.1, 0.15) is 12.5 Å². The van der Waals surface area contributed by atoms with Gasteiger partial charge in [-0.1, -0.05) is 36.4 Å². The molecule has 0 radical (unpaired) electrons. The molecule has 0 amide bonds. The molecule has 0 aliphatic heterocycles. The summed E-state index contributed by atoms with van der Waals surface area (Å²) in [4.78, 5) is 12.7. The topological polar surface area (TPSA) is 40.5 Å². The number of benzene rings is 1. The van der Waals surface area contributed by atoms with Gasteiger partial charge in [-0.3, -0.25) is 9.69 Å². The molecule has 1 aromatic carbocycles. The van der Waals surface area contributed by atoms with Gasteiger partial charge in [-0.2, -0.15) is 0 Å². The fraction of sp³-hybridized carbons (Fsp3) is 0.357. The summed E-state index contributed by atoms with van der Waals surface area (Å²) >= 11 is 0. The quantitative estimate of drug-likeness (QED) is 0.734. The molecule has 3 nitrogen and oxygen atoms in total. The summed E-state index contributed by atoms with van der Waals surface area (Å²) in [5.41, 5.74) is 1.22. The number of carboxylic acids is 1. The predicted octanol–water partition coefficient (Wildman–Crippen LogP) is 2.19. The third-order valence-corrected chi connectivity index (χ3v) is 2.70. The second kappa shape index (κ2) is 6.86. The summed E-state index contributed by atoms with van der Waals surface area (Å²) in [7, 11) is 0. The average molecular weight is 233 g/mol. The standard InChI is InChI=1S/C14H19NO2/c1-3-9-15(11-14(16)17)12(2)10-13-7-5-4-6-8-13/h3-8,12H,1,9-11H2,2H3,(H,16,17). The molecular weight excluding hydrogens is 214 g/mol. The number of hydrogen-bond donors (Lipinski definition) is 1. The molecule has 1 unspecified atom stereocenters. The highest BCUT2D eigenvalue weighted by Crippen LogP contribution is 2.08. The molecule has 0 saturated carbocycles. The van der Waals surface area contributed by atoms with Crippen molar-refractivity contribution >= 4 is 5.97 Å². The highest BCUT2D eigenvalue weighted by atomic mass is 16.4. The van der Waals surface area contributed by atoms with Crippen molar-refractivity contribution in [3.8, 4) is 0 Å². The molecule has 17 heavy (non-hydrogen) atoms. The molecule has 1 rings (SSSR count). The zero-order chi connectivity index (χ0) is 12.7. The highest BCUT2D eigenvalue weighted by molar-refractivity contribution is 5.69. The van der Waals surface area contributed by atoms with E-state index in [0.717, 1.165) is 6.42 Å². The van der Waals surface area contributed by atoms with Crippen LogP contribution in [0.3, 0.4) is 0 Å². The van der Waals surface area contributed by atoms with Crippen molar-refractivity contribution in [2.45, 2.75) is 19.4 Å². The van der Waals surface area contributed by atoms with Gasteiger partial charge in [-0.25, -0.2) is 0 Å². The van der Waals surface area contributed by atoms with E-state index >= 15 is 0 Å². The largest absolute Gasteiger partial charge is 0.480 e. The first-order valence-electron chi connectivity index (χ1n) is 5.74. The molecule has 0 saturated heterocycles. The number of nitrogens with zero attached hydrogens (tertiary/aromatic N) is 1. The maximum absolute atomic E-state index is 10.8. The molecule has 0 aromatic heterocycles. The van der Waals surface area contributed by atoms with E-state index in [1.807, 2.05) is 30.0 Å². The molecule has 3 heteroatoms. The second-order valence-corrected chi connectivity index (χ2v) is 4.15. The fourth-order valence-electron chi connectivity index (χ4n) is 1.82. The molecular formula is C14H19NO2. The molecule has 0 spiro atoms. The zero-order valence-electron chi connectivity index (χ0n) is 10.2. The number of carbonyl (C=O) groups is 1. The van der Waals surface area contributed by atoms with Gasteiger partial charge in [0, 0.05) is 12.6 Å². The Labute approximate surface area is 102 Å². The SMILES string of the molecule is C=CCN(CC(=O)O)C(C)Cc1ccccc1. The van der Waals surface area contributed by atoms with Crippen LogP contribution in [0.4, 0.5) is 0 Å². The van der Waals surface area contributed by atoms with Crippen molar-refractivity contribution in [2.75, 3.05) is 13.1 Å². The summed E-state index contributed by atoms with van der Waals surface area (Å²) in [6.07, 6.45) is 2.59. The van der Waals surface area contributed by atoms with Crippen LogP contribution in [0.15, 0.2) is 43.0 Å². The Morgan fingerprint density at radius 2 is 2.12 bits per heavy atom. The van der Waals surface area contributed by atoms with Gasteiger partial charge in [-0.15, -0.1) is 6.58 Å². The Morgan fingerprint density at radius 3 is 2.65 bits per heavy atom. The van der Waals surface area contributed by atoms with Crippen molar-refractivity contribution < 1.29 is 9.90 Å². The van der Waals surface area contributed by atoms with E-state index in [2.05, 4.69) is 18.7 Å². The minimum atomic E-state index is -0.799. The molecule has 1 aromatic rings. The fourth-order valence-corrected chi connectivity index (χ4v) is 1.82. The Bertz CT molecular complexity index is 362. The third kappa shape index (κ3) is 4.83. The van der Waals surface area contributed by atoms with Crippen LogP contribution in [-0.4, -0.2) is 35.1 Å². The van der Waals surface area contributed by atoms with Crippen LogP contribution in [0, 0.1) is 0 Å². The average Bonchev–Trinajstić information content (AvgIpc) is 2.29. The minimum Gasteiger partial charge on any atom is -0.480 e. The Balaban J connectivity index is 2.61. The van der Waals surface area contributed by atoms with Crippen molar-refractivity contribution in [1.82, 2.24) is 4.90 Å². The van der Waals surface area contributed by atoms with E-state index in [-0.39, 0.29) is 12.6 Å². The van der Waals surface area contributed by atoms with Crippen molar-refractivity contribution in [3.05, 3.63) is 48.6 Å². The van der Waals surface area contributed by atoms with Crippen LogP contribution in [0.2, 0.25) is 0 Å². The van der Waals surface area contributed by atoms with Crippen LogP contribution in [0.25, 0.3) is 0 Å². The number of aliphatic carboxylic acids is 1. The summed E-state index contributed by atoms with van der Waals surface area (Å²) in [5, 5.41) is 8.85. The van der Waals surface area contributed by atoms with E-state index in [4.69, 9.17) is 5.11 Å². The van der Waals surface area contributed by atoms with Gasteiger partial charge in [0.2, 0.25) is 0 Å². The number of hydrogen-bond acceptors (Lipinski definition) is 2. The molecule has 1 N–H and O–H groups in total. The monoisotopic (exact) mass is 233 g/mol. The number of rotatable bonds is 7. The van der Waals surface area contributed by atoms with Gasteiger partial charge in [0.05, 0.1) is 6.54 Å². The molecule has 92 valence electrons. The van der Waals surface area contributed by atoms with Crippen molar-refractivity contribution in [3.63, 3.8) is 0 Å². The Hall–Kier alpha value is -1.61. The first-order chi connectivity index (χ1) is 8.13. The summed E-state index contributed by atoms with van der Waals surface area (Å²) in [6, 6.07) is 10.3. The summed E-state index contributed by atoms with van der Waals surface area (Å²) < 4.78 is 0. The van der Waals surface area contributed by atoms with Crippen LogP contribution in [-0.2, 0) is 11.2 Å². The molecule has 1 atom stereocenters. The van der Waals surface area contributed by atoms with Crippen molar-refractivity contribution in [1.29, 1.82) is 0 Å². The Kier molecular flexibility index (Phi) is 5.43. The second-order valence-electron chi connectivity index (χ2n) is 4.15. The number of carboxylic acid groups (broad SMARTS) is 1. The van der Waals surface area contributed by atoms with Crippen molar-refractivity contribution in [2.24, 2.45) is 0 Å². The van der Waals surface area contributed by atoms with Crippen LogP contribution < -0.4 is 0 Å². The smallest absolute Gasteiger partial charge is 0.317 e. The van der Waals surface area contributed by atoms with Gasteiger partial charge in [0.1, 0.15) is 0 Å². The minimum absolute atomic E-state index is 0.0556. The first kappa shape index (κ1) is 13.5. The lowest BCUT2D eigenvalue weighted by molar-refractivity contribution is -0.138. The molecule has 0 heterocycles. The Morgan fingerprint density at radius 1 is 1.47 bits per heavy atom. The van der Waals surface area contributed by atoms with Gasteiger partial charge in [0.15, 0.2) is 0 Å². The van der Waals surface area contributed by atoms with Gasteiger partial charge in [0.25, 0.3) is 0 Å².